The van der Waals surface area contributed by atoms with Crippen LogP contribution in [0.3, 0.4) is 0 Å². The van der Waals surface area contributed by atoms with Crippen molar-refractivity contribution in [2.75, 3.05) is 53.9 Å². The number of nitrogens with zero attached hydrogens (tertiary/aromatic N) is 3. The summed E-state index contributed by atoms with van der Waals surface area (Å²) < 4.78 is 5.80. The van der Waals surface area contributed by atoms with Crippen LogP contribution in [0.4, 0.5) is 0 Å². The predicted octanol–water partition coefficient (Wildman–Crippen LogP) is 2.84. The normalized spacial score (nSPS) is 18.4. The van der Waals surface area contributed by atoms with Gasteiger partial charge < -0.3 is 19.9 Å². The average molecular weight is 460 g/mol. The van der Waals surface area contributed by atoms with Crippen molar-refractivity contribution in [1.29, 1.82) is 0 Å². The van der Waals surface area contributed by atoms with Gasteiger partial charge in [0.2, 0.25) is 0 Å². The van der Waals surface area contributed by atoms with E-state index in [-0.39, 0.29) is 24.0 Å². The van der Waals surface area contributed by atoms with Gasteiger partial charge in [0.25, 0.3) is 0 Å². The fraction of sp³-hybridized carbons (Fsp3) is 0.632. The molecular formula is C19H33IN4O. The number of piperidine rings is 1. The van der Waals surface area contributed by atoms with Crippen molar-refractivity contribution in [2.45, 2.75) is 19.8 Å². The second kappa shape index (κ2) is 11.6. The van der Waals surface area contributed by atoms with Crippen molar-refractivity contribution in [3.8, 4) is 5.75 Å². The van der Waals surface area contributed by atoms with Gasteiger partial charge in [-0.1, -0.05) is 17.7 Å². The highest BCUT2D eigenvalue weighted by Crippen LogP contribution is 2.14. The Kier molecular flexibility index (Phi) is 10.2. The summed E-state index contributed by atoms with van der Waals surface area (Å²) in [4.78, 5) is 8.93. The van der Waals surface area contributed by atoms with Crippen molar-refractivity contribution in [3.05, 3.63) is 29.8 Å². The van der Waals surface area contributed by atoms with Gasteiger partial charge in [0.15, 0.2) is 5.96 Å². The van der Waals surface area contributed by atoms with Crippen LogP contribution >= 0.6 is 24.0 Å². The Morgan fingerprint density at radius 2 is 2.08 bits per heavy atom. The van der Waals surface area contributed by atoms with E-state index in [1.54, 1.807) is 0 Å². The lowest BCUT2D eigenvalue weighted by Gasteiger charge is -2.31. The number of aliphatic imine (C=N–C) groups is 1. The van der Waals surface area contributed by atoms with Gasteiger partial charge in [0.1, 0.15) is 12.4 Å². The Hall–Kier alpha value is -1.02. The van der Waals surface area contributed by atoms with E-state index in [2.05, 4.69) is 53.3 Å². The van der Waals surface area contributed by atoms with Crippen LogP contribution in [0.5, 0.6) is 5.75 Å². The number of guanidine groups is 1. The van der Waals surface area contributed by atoms with E-state index in [4.69, 9.17) is 4.74 Å². The zero-order chi connectivity index (χ0) is 17.4. The largest absolute Gasteiger partial charge is 0.492 e. The van der Waals surface area contributed by atoms with Crippen LogP contribution in [0.15, 0.2) is 29.3 Å². The van der Waals surface area contributed by atoms with Crippen LogP contribution in [0.25, 0.3) is 0 Å². The molecule has 1 aromatic rings. The Morgan fingerprint density at radius 3 is 2.72 bits per heavy atom. The third kappa shape index (κ3) is 7.81. The van der Waals surface area contributed by atoms with Crippen LogP contribution in [-0.2, 0) is 0 Å². The molecule has 1 atom stereocenters. The molecule has 0 bridgehead atoms. The number of rotatable bonds is 6. The number of likely N-dealkylation sites (N-methyl/N-ethyl adjacent to an activating group) is 1. The summed E-state index contributed by atoms with van der Waals surface area (Å²) in [6, 6.07) is 8.17. The molecule has 0 amide bonds. The van der Waals surface area contributed by atoms with Gasteiger partial charge in [-0.15, -0.1) is 24.0 Å². The number of benzene rings is 1. The van der Waals surface area contributed by atoms with E-state index in [9.17, 15) is 0 Å². The van der Waals surface area contributed by atoms with Crippen LogP contribution in [0.2, 0.25) is 0 Å². The molecule has 25 heavy (non-hydrogen) atoms. The third-order valence-electron chi connectivity index (χ3n) is 4.56. The van der Waals surface area contributed by atoms with Crippen LogP contribution < -0.4 is 10.1 Å². The van der Waals surface area contributed by atoms with Gasteiger partial charge in [-0.3, -0.25) is 4.99 Å². The van der Waals surface area contributed by atoms with Crippen molar-refractivity contribution in [2.24, 2.45) is 10.9 Å². The maximum atomic E-state index is 5.80. The summed E-state index contributed by atoms with van der Waals surface area (Å²) in [5, 5.41) is 3.51. The summed E-state index contributed by atoms with van der Waals surface area (Å²) in [7, 11) is 6.10. The van der Waals surface area contributed by atoms with E-state index in [1.807, 2.05) is 19.2 Å². The average Bonchev–Trinajstić information content (AvgIpc) is 2.57. The van der Waals surface area contributed by atoms with Crippen LogP contribution in [-0.4, -0.2) is 69.7 Å². The van der Waals surface area contributed by atoms with Crippen LogP contribution in [0, 0.1) is 12.8 Å². The highest BCUT2D eigenvalue weighted by atomic mass is 127. The lowest BCUT2D eigenvalue weighted by atomic mass is 9.99. The topological polar surface area (TPSA) is 40.1 Å². The molecule has 5 nitrogen and oxygen atoms in total. The molecule has 1 aliphatic heterocycles. The van der Waals surface area contributed by atoms with Crippen molar-refractivity contribution in [1.82, 2.24) is 15.1 Å². The first-order chi connectivity index (χ1) is 11.6. The second-order valence-corrected chi connectivity index (χ2v) is 6.78. The summed E-state index contributed by atoms with van der Waals surface area (Å²) in [6.45, 7) is 6.91. The molecule has 2 rings (SSSR count). The van der Waals surface area contributed by atoms with E-state index < -0.39 is 0 Å². The molecule has 0 saturated carbocycles. The molecule has 1 aliphatic rings. The summed E-state index contributed by atoms with van der Waals surface area (Å²) in [5.41, 5.74) is 1.25. The van der Waals surface area contributed by atoms with E-state index in [0.717, 1.165) is 24.8 Å². The van der Waals surface area contributed by atoms with Gasteiger partial charge in [-0.2, -0.15) is 0 Å². The minimum atomic E-state index is 0. The van der Waals surface area contributed by atoms with Gasteiger partial charge >= 0.3 is 0 Å². The highest BCUT2D eigenvalue weighted by molar-refractivity contribution is 14.0. The fourth-order valence-electron chi connectivity index (χ4n) is 3.10. The first kappa shape index (κ1) is 22.0. The molecule has 1 N–H and O–H groups in total. The molecule has 1 heterocycles. The molecule has 0 aliphatic carbocycles. The zero-order valence-corrected chi connectivity index (χ0v) is 18.3. The maximum absolute atomic E-state index is 5.80. The number of aryl methyl sites for hydroxylation is 1. The van der Waals surface area contributed by atoms with E-state index in [1.165, 1.54) is 31.5 Å². The molecule has 0 spiro atoms. The molecular weight excluding hydrogens is 427 g/mol. The first-order valence-corrected chi connectivity index (χ1v) is 8.88. The first-order valence-electron chi connectivity index (χ1n) is 8.88. The Morgan fingerprint density at radius 1 is 1.36 bits per heavy atom. The molecule has 142 valence electrons. The number of nitrogens with one attached hydrogen (secondary N) is 1. The van der Waals surface area contributed by atoms with Crippen molar-refractivity contribution >= 4 is 29.9 Å². The van der Waals surface area contributed by atoms with Crippen molar-refractivity contribution in [3.63, 3.8) is 0 Å². The van der Waals surface area contributed by atoms with Crippen LogP contribution in [0.1, 0.15) is 18.4 Å². The Bertz CT molecular complexity index is 521. The zero-order valence-electron chi connectivity index (χ0n) is 16.0. The van der Waals surface area contributed by atoms with E-state index >= 15 is 0 Å². The molecule has 1 unspecified atom stereocenters. The highest BCUT2D eigenvalue weighted by Gasteiger charge is 2.17. The SMILES string of the molecule is CN=C(NCC1CCCN(C)C1)N(C)CCOc1ccc(C)cc1.I. The van der Waals surface area contributed by atoms with Gasteiger partial charge in [0, 0.05) is 27.2 Å². The second-order valence-electron chi connectivity index (χ2n) is 6.78. The van der Waals surface area contributed by atoms with Gasteiger partial charge in [0.05, 0.1) is 6.54 Å². The Labute approximate surface area is 169 Å². The lowest BCUT2D eigenvalue weighted by molar-refractivity contribution is 0.209. The predicted molar refractivity (Wildman–Crippen MR) is 116 cm³/mol. The summed E-state index contributed by atoms with van der Waals surface area (Å²) in [6.07, 6.45) is 2.59. The monoisotopic (exact) mass is 460 g/mol. The number of halogens is 1. The third-order valence-corrected chi connectivity index (χ3v) is 4.56. The minimum Gasteiger partial charge on any atom is -0.492 e. The molecule has 1 saturated heterocycles. The summed E-state index contributed by atoms with van der Waals surface area (Å²) >= 11 is 0. The Balaban J connectivity index is 0.00000312. The number of hydrogen-bond donors (Lipinski definition) is 1. The quantitative estimate of drug-likeness (QED) is 0.403. The molecule has 6 heteroatoms. The minimum absolute atomic E-state index is 0. The number of ether oxygens (including phenoxy) is 1. The molecule has 0 aromatic heterocycles. The van der Waals surface area contributed by atoms with E-state index in [0.29, 0.717) is 12.5 Å². The smallest absolute Gasteiger partial charge is 0.193 e. The fourth-order valence-corrected chi connectivity index (χ4v) is 3.10. The van der Waals surface area contributed by atoms with Crippen molar-refractivity contribution < 1.29 is 4.74 Å². The maximum Gasteiger partial charge on any atom is 0.193 e. The lowest BCUT2D eigenvalue weighted by Crippen LogP contribution is -2.45. The van der Waals surface area contributed by atoms with Gasteiger partial charge in [-0.05, 0) is 51.4 Å². The molecule has 1 fully saturated rings. The molecule has 0 radical (unpaired) electrons. The standard InChI is InChI=1S/C19H32N4O.HI/c1-16-7-9-18(10-8-16)24-13-12-23(4)19(20-2)21-14-17-6-5-11-22(3)15-17;/h7-10,17H,5-6,11-15H2,1-4H3,(H,20,21);1H. The number of hydrogen-bond acceptors (Lipinski definition) is 3. The summed E-state index contributed by atoms with van der Waals surface area (Å²) in [5.74, 6) is 2.57. The van der Waals surface area contributed by atoms with Gasteiger partial charge in [-0.25, -0.2) is 0 Å². The molecule has 1 aromatic carbocycles. The number of likely N-dealkylation sites (tertiary alicyclic amines) is 1.